The summed E-state index contributed by atoms with van der Waals surface area (Å²) in [5, 5.41) is 1.28. The van der Waals surface area contributed by atoms with Crippen LogP contribution in [0.1, 0.15) is 36.9 Å². The van der Waals surface area contributed by atoms with E-state index >= 15 is 0 Å². The largest absolute Gasteiger partial charge is 0.335 e. The van der Waals surface area contributed by atoms with E-state index < -0.39 is 0 Å². The summed E-state index contributed by atoms with van der Waals surface area (Å²) in [6, 6.07) is 15.9. The molecule has 0 aromatic heterocycles. The molecule has 0 bridgehead atoms. The van der Waals surface area contributed by atoms with Gasteiger partial charge in [-0.1, -0.05) is 66.5 Å². The molecule has 0 N–H and O–H groups in total. The molecule has 2 atom stereocenters. The van der Waals surface area contributed by atoms with Crippen LogP contribution in [0.25, 0.3) is 0 Å². The standard InChI is InChI=1S/C20H21Cl2NO/c1-2-19(14-7-4-3-5-8-14)23-12-11-15(20(23)24)13-16-17(21)9-6-10-18(16)22/h3-10,15,19H,2,11-13H2,1H3/t15-,19-/m0/s1. The van der Waals surface area contributed by atoms with Crippen LogP contribution in [0.4, 0.5) is 0 Å². The quantitative estimate of drug-likeness (QED) is 0.684. The van der Waals surface area contributed by atoms with E-state index in [9.17, 15) is 4.79 Å². The third-order valence-electron chi connectivity index (χ3n) is 4.81. The van der Waals surface area contributed by atoms with Crippen molar-refractivity contribution in [2.24, 2.45) is 5.92 Å². The van der Waals surface area contributed by atoms with Crippen molar-refractivity contribution in [2.45, 2.75) is 32.2 Å². The molecule has 0 spiro atoms. The highest BCUT2D eigenvalue weighted by Gasteiger charge is 2.36. The summed E-state index contributed by atoms with van der Waals surface area (Å²) < 4.78 is 0. The van der Waals surface area contributed by atoms with Gasteiger partial charge < -0.3 is 4.90 Å². The van der Waals surface area contributed by atoms with Crippen molar-refractivity contribution < 1.29 is 4.79 Å². The van der Waals surface area contributed by atoms with Crippen LogP contribution in [-0.4, -0.2) is 17.4 Å². The Kier molecular flexibility index (Phi) is 5.47. The number of hydrogen-bond donors (Lipinski definition) is 0. The van der Waals surface area contributed by atoms with Gasteiger partial charge in [-0.05, 0) is 42.5 Å². The van der Waals surface area contributed by atoms with Crippen molar-refractivity contribution in [3.63, 3.8) is 0 Å². The molecule has 1 amide bonds. The molecule has 126 valence electrons. The van der Waals surface area contributed by atoms with E-state index in [0.29, 0.717) is 16.5 Å². The number of rotatable bonds is 5. The first-order valence-corrected chi connectivity index (χ1v) is 9.15. The summed E-state index contributed by atoms with van der Waals surface area (Å²) in [6.07, 6.45) is 2.37. The number of carbonyl (C=O) groups is 1. The first-order valence-electron chi connectivity index (χ1n) is 8.40. The number of nitrogens with zero attached hydrogens (tertiary/aromatic N) is 1. The van der Waals surface area contributed by atoms with Crippen LogP contribution in [0.15, 0.2) is 48.5 Å². The Morgan fingerprint density at radius 1 is 1.08 bits per heavy atom. The van der Waals surface area contributed by atoms with Crippen molar-refractivity contribution in [1.29, 1.82) is 0 Å². The van der Waals surface area contributed by atoms with Gasteiger partial charge in [0, 0.05) is 22.5 Å². The van der Waals surface area contributed by atoms with Gasteiger partial charge in [-0.15, -0.1) is 0 Å². The van der Waals surface area contributed by atoms with Crippen LogP contribution in [0.2, 0.25) is 10.0 Å². The first-order chi connectivity index (χ1) is 11.6. The SMILES string of the molecule is CC[C@@H](c1ccccc1)N1CC[C@@H](Cc2c(Cl)cccc2Cl)C1=O. The summed E-state index contributed by atoms with van der Waals surface area (Å²) in [5.74, 6) is 0.168. The molecule has 2 aromatic rings. The molecule has 24 heavy (non-hydrogen) atoms. The first kappa shape index (κ1) is 17.3. The molecule has 1 fully saturated rings. The van der Waals surface area contributed by atoms with Gasteiger partial charge in [0.1, 0.15) is 0 Å². The Bertz CT molecular complexity index is 697. The molecule has 0 radical (unpaired) electrons. The molecular formula is C20H21Cl2NO. The van der Waals surface area contributed by atoms with Crippen LogP contribution >= 0.6 is 23.2 Å². The number of amides is 1. The van der Waals surface area contributed by atoms with Gasteiger partial charge in [-0.25, -0.2) is 0 Å². The fourth-order valence-corrected chi connectivity index (χ4v) is 4.10. The predicted molar refractivity (Wildman–Crippen MR) is 99.5 cm³/mol. The lowest BCUT2D eigenvalue weighted by Crippen LogP contribution is -2.32. The number of hydrogen-bond acceptors (Lipinski definition) is 1. The number of likely N-dealkylation sites (tertiary alicyclic amines) is 1. The molecule has 2 nitrogen and oxygen atoms in total. The summed E-state index contributed by atoms with van der Waals surface area (Å²) in [5.41, 5.74) is 2.08. The maximum atomic E-state index is 12.9. The van der Waals surface area contributed by atoms with Gasteiger partial charge in [-0.2, -0.15) is 0 Å². The van der Waals surface area contributed by atoms with Crippen LogP contribution in [0.3, 0.4) is 0 Å². The summed E-state index contributed by atoms with van der Waals surface area (Å²) in [4.78, 5) is 15.0. The lowest BCUT2D eigenvalue weighted by Gasteiger charge is -2.28. The van der Waals surface area contributed by atoms with Crippen LogP contribution in [0, 0.1) is 5.92 Å². The van der Waals surface area contributed by atoms with Gasteiger partial charge in [0.25, 0.3) is 0 Å². The zero-order valence-electron chi connectivity index (χ0n) is 13.7. The third-order valence-corrected chi connectivity index (χ3v) is 5.52. The van der Waals surface area contributed by atoms with E-state index in [0.717, 1.165) is 24.9 Å². The highest BCUT2D eigenvalue weighted by atomic mass is 35.5. The van der Waals surface area contributed by atoms with E-state index in [1.54, 1.807) is 0 Å². The molecule has 0 unspecified atom stereocenters. The average Bonchev–Trinajstić information content (AvgIpc) is 2.94. The molecule has 4 heteroatoms. The van der Waals surface area contributed by atoms with Crippen molar-refractivity contribution in [3.8, 4) is 0 Å². The maximum absolute atomic E-state index is 12.9. The van der Waals surface area contributed by atoms with E-state index in [1.807, 2.05) is 41.3 Å². The van der Waals surface area contributed by atoms with Crippen LogP contribution < -0.4 is 0 Å². The van der Waals surface area contributed by atoms with Crippen molar-refractivity contribution in [1.82, 2.24) is 4.90 Å². The Morgan fingerprint density at radius 2 is 1.75 bits per heavy atom. The van der Waals surface area contributed by atoms with Crippen LogP contribution in [-0.2, 0) is 11.2 Å². The van der Waals surface area contributed by atoms with Crippen molar-refractivity contribution in [3.05, 3.63) is 69.7 Å². The van der Waals surface area contributed by atoms with Gasteiger partial charge >= 0.3 is 0 Å². The number of halogens is 2. The predicted octanol–water partition coefficient (Wildman–Crippen LogP) is 5.54. The van der Waals surface area contributed by atoms with E-state index in [1.165, 1.54) is 5.56 Å². The van der Waals surface area contributed by atoms with Gasteiger partial charge in [0.15, 0.2) is 0 Å². The molecule has 2 aromatic carbocycles. The summed E-state index contributed by atoms with van der Waals surface area (Å²) in [6.45, 7) is 2.92. The lowest BCUT2D eigenvalue weighted by atomic mass is 9.97. The van der Waals surface area contributed by atoms with Gasteiger partial charge in [0.05, 0.1) is 6.04 Å². The number of carbonyl (C=O) groups excluding carboxylic acids is 1. The molecular weight excluding hydrogens is 341 g/mol. The fourth-order valence-electron chi connectivity index (χ4n) is 3.55. The van der Waals surface area contributed by atoms with Crippen molar-refractivity contribution in [2.75, 3.05) is 6.54 Å². The van der Waals surface area contributed by atoms with Crippen molar-refractivity contribution >= 4 is 29.1 Å². The molecule has 3 rings (SSSR count). The smallest absolute Gasteiger partial charge is 0.226 e. The highest BCUT2D eigenvalue weighted by Crippen LogP contribution is 2.35. The monoisotopic (exact) mass is 361 g/mol. The van der Waals surface area contributed by atoms with E-state index in [-0.39, 0.29) is 17.9 Å². The second-order valence-corrected chi connectivity index (χ2v) is 7.07. The maximum Gasteiger partial charge on any atom is 0.226 e. The Balaban J connectivity index is 1.77. The Labute approximate surface area is 153 Å². The highest BCUT2D eigenvalue weighted by molar-refractivity contribution is 6.36. The summed E-state index contributed by atoms with van der Waals surface area (Å²) in [7, 11) is 0. The second-order valence-electron chi connectivity index (χ2n) is 6.26. The third kappa shape index (κ3) is 3.45. The molecule has 1 saturated heterocycles. The van der Waals surface area contributed by atoms with Gasteiger partial charge in [0.2, 0.25) is 5.91 Å². The minimum Gasteiger partial charge on any atom is -0.335 e. The molecule has 1 aliphatic rings. The molecule has 0 aliphatic carbocycles. The Morgan fingerprint density at radius 3 is 2.38 bits per heavy atom. The normalized spacial score (nSPS) is 18.9. The molecule has 1 aliphatic heterocycles. The van der Waals surface area contributed by atoms with E-state index in [2.05, 4.69) is 19.1 Å². The topological polar surface area (TPSA) is 20.3 Å². The minimum atomic E-state index is -0.0415. The number of benzene rings is 2. The Hall–Kier alpha value is -1.51. The zero-order chi connectivity index (χ0) is 17.1. The van der Waals surface area contributed by atoms with Gasteiger partial charge in [-0.3, -0.25) is 4.79 Å². The minimum absolute atomic E-state index is 0.0415. The average molecular weight is 362 g/mol. The molecule has 0 saturated carbocycles. The molecule has 1 heterocycles. The van der Waals surface area contributed by atoms with E-state index in [4.69, 9.17) is 23.2 Å². The summed E-state index contributed by atoms with van der Waals surface area (Å²) >= 11 is 12.5. The zero-order valence-corrected chi connectivity index (χ0v) is 15.2. The fraction of sp³-hybridized carbons (Fsp3) is 0.350. The second kappa shape index (κ2) is 7.58. The lowest BCUT2D eigenvalue weighted by molar-refractivity contribution is -0.133. The van der Waals surface area contributed by atoms with Crippen LogP contribution in [0.5, 0.6) is 0 Å².